The molecule has 3 aromatic rings. The van der Waals surface area contributed by atoms with Crippen molar-refractivity contribution in [2.45, 2.75) is 37.8 Å². The zero-order chi connectivity index (χ0) is 23.8. The van der Waals surface area contributed by atoms with Crippen LogP contribution in [0.5, 0.6) is 0 Å². The van der Waals surface area contributed by atoms with Crippen LogP contribution in [0.15, 0.2) is 67.0 Å². The SMILES string of the molecule is CCOC(=O)[C@@H](O)[C@@H]1C[C@H]2C(=O)N(c3ccccc3)C(=O)[C@H]2c2c1ncn2Cc1ccccc1. The number of benzene rings is 2. The van der Waals surface area contributed by atoms with E-state index >= 15 is 0 Å². The summed E-state index contributed by atoms with van der Waals surface area (Å²) in [5, 5.41) is 10.8. The summed E-state index contributed by atoms with van der Waals surface area (Å²) >= 11 is 0. The summed E-state index contributed by atoms with van der Waals surface area (Å²) in [6.45, 7) is 2.24. The van der Waals surface area contributed by atoms with Crippen LogP contribution in [0.4, 0.5) is 5.69 Å². The molecular weight excluding hydrogens is 434 g/mol. The van der Waals surface area contributed by atoms with Gasteiger partial charge in [0.15, 0.2) is 6.10 Å². The summed E-state index contributed by atoms with van der Waals surface area (Å²) in [6.07, 6.45) is 0.273. The van der Waals surface area contributed by atoms with Gasteiger partial charge >= 0.3 is 5.97 Å². The largest absolute Gasteiger partial charge is 0.464 e. The van der Waals surface area contributed by atoms with Gasteiger partial charge in [-0.25, -0.2) is 14.7 Å². The lowest BCUT2D eigenvalue weighted by Gasteiger charge is -2.31. The van der Waals surface area contributed by atoms with Crippen LogP contribution in [0.3, 0.4) is 0 Å². The van der Waals surface area contributed by atoms with E-state index in [0.29, 0.717) is 23.6 Å². The zero-order valence-corrected chi connectivity index (χ0v) is 18.7. The number of anilines is 1. The fourth-order valence-electron chi connectivity index (χ4n) is 5.10. The van der Waals surface area contributed by atoms with Gasteiger partial charge in [-0.2, -0.15) is 0 Å². The number of fused-ring (bicyclic) bond motifs is 3. The second-order valence-corrected chi connectivity index (χ2v) is 8.60. The average molecular weight is 460 g/mol. The second kappa shape index (κ2) is 8.87. The molecule has 2 heterocycles. The lowest BCUT2D eigenvalue weighted by molar-refractivity contribution is -0.155. The van der Waals surface area contributed by atoms with E-state index in [0.717, 1.165) is 5.56 Å². The van der Waals surface area contributed by atoms with E-state index in [4.69, 9.17) is 4.74 Å². The van der Waals surface area contributed by atoms with Crippen molar-refractivity contribution >= 4 is 23.5 Å². The number of rotatable bonds is 6. The molecule has 1 aliphatic carbocycles. The number of aliphatic hydroxyl groups excluding tert-OH is 1. The van der Waals surface area contributed by atoms with Gasteiger partial charge in [-0.1, -0.05) is 48.5 Å². The molecule has 8 heteroatoms. The number of carbonyl (C=O) groups excluding carboxylic acids is 3. The van der Waals surface area contributed by atoms with Gasteiger partial charge in [-0.05, 0) is 31.0 Å². The van der Waals surface area contributed by atoms with Gasteiger partial charge in [0.05, 0.1) is 41.8 Å². The number of aliphatic hydroxyl groups is 1. The monoisotopic (exact) mass is 459 g/mol. The molecule has 0 radical (unpaired) electrons. The molecule has 0 spiro atoms. The van der Waals surface area contributed by atoms with Gasteiger partial charge < -0.3 is 14.4 Å². The third-order valence-corrected chi connectivity index (χ3v) is 6.61. The van der Waals surface area contributed by atoms with E-state index < -0.39 is 29.8 Å². The van der Waals surface area contributed by atoms with Gasteiger partial charge in [-0.3, -0.25) is 9.59 Å². The average Bonchev–Trinajstić information content (AvgIpc) is 3.37. The molecule has 0 bridgehead atoms. The van der Waals surface area contributed by atoms with Crippen LogP contribution >= 0.6 is 0 Å². The first kappa shape index (κ1) is 22.0. The Kier molecular flexibility index (Phi) is 5.75. The highest BCUT2D eigenvalue weighted by molar-refractivity contribution is 6.24. The van der Waals surface area contributed by atoms with Crippen molar-refractivity contribution in [1.82, 2.24) is 9.55 Å². The Morgan fingerprint density at radius 1 is 1.09 bits per heavy atom. The molecule has 0 unspecified atom stereocenters. The van der Waals surface area contributed by atoms with E-state index in [2.05, 4.69) is 4.98 Å². The third kappa shape index (κ3) is 3.60. The van der Waals surface area contributed by atoms with Gasteiger partial charge in [0.25, 0.3) is 0 Å². The first-order valence-corrected chi connectivity index (χ1v) is 11.4. The molecule has 8 nitrogen and oxygen atoms in total. The van der Waals surface area contributed by atoms with Crippen LogP contribution in [-0.2, 0) is 25.7 Å². The highest BCUT2D eigenvalue weighted by Crippen LogP contribution is 2.49. The topological polar surface area (TPSA) is 102 Å². The lowest BCUT2D eigenvalue weighted by Crippen LogP contribution is -2.37. The molecule has 174 valence electrons. The number of imide groups is 1. The molecule has 1 N–H and O–H groups in total. The minimum atomic E-state index is -1.48. The summed E-state index contributed by atoms with van der Waals surface area (Å²) in [5.74, 6) is -3.60. The third-order valence-electron chi connectivity index (χ3n) is 6.61. The van der Waals surface area contributed by atoms with Crippen LogP contribution < -0.4 is 4.90 Å². The van der Waals surface area contributed by atoms with Gasteiger partial charge in [-0.15, -0.1) is 0 Å². The zero-order valence-electron chi connectivity index (χ0n) is 18.7. The van der Waals surface area contributed by atoms with Crippen molar-refractivity contribution in [3.8, 4) is 0 Å². The number of nitrogens with zero attached hydrogens (tertiary/aromatic N) is 3. The van der Waals surface area contributed by atoms with Crippen LogP contribution in [0, 0.1) is 5.92 Å². The quantitative estimate of drug-likeness (QED) is 0.449. The number of aromatic nitrogens is 2. The summed E-state index contributed by atoms with van der Waals surface area (Å²) in [6, 6.07) is 18.5. The molecule has 1 aromatic heterocycles. The second-order valence-electron chi connectivity index (χ2n) is 8.60. The van der Waals surface area contributed by atoms with Crippen LogP contribution in [0.2, 0.25) is 0 Å². The van der Waals surface area contributed by atoms with Crippen molar-refractivity contribution < 1.29 is 24.2 Å². The van der Waals surface area contributed by atoms with Gasteiger partial charge in [0, 0.05) is 12.5 Å². The van der Waals surface area contributed by atoms with E-state index in [1.54, 1.807) is 37.5 Å². The molecule has 34 heavy (non-hydrogen) atoms. The molecule has 1 aliphatic heterocycles. The first-order valence-electron chi connectivity index (χ1n) is 11.4. The van der Waals surface area contributed by atoms with Crippen LogP contribution in [0.25, 0.3) is 0 Å². The van der Waals surface area contributed by atoms with Crippen molar-refractivity contribution in [1.29, 1.82) is 0 Å². The number of para-hydroxylation sites is 1. The van der Waals surface area contributed by atoms with Gasteiger partial charge in [0.2, 0.25) is 11.8 Å². The molecule has 5 rings (SSSR count). The number of ether oxygens (including phenoxy) is 1. The summed E-state index contributed by atoms with van der Waals surface area (Å²) in [7, 11) is 0. The standard InChI is InChI=1S/C26H25N3O5/c1-2-34-26(33)23(30)19-13-18-20(25(32)29(24(18)31)17-11-7-4-8-12-17)22-21(19)27-15-28(22)14-16-9-5-3-6-10-16/h3-12,15,18-20,23,30H,2,13-14H2,1H3/t18-,19-,20-,23+/m1/s1. The fraction of sp³-hybridized carbons (Fsp3) is 0.308. The Hall–Kier alpha value is -3.78. The molecule has 2 amide bonds. The summed E-state index contributed by atoms with van der Waals surface area (Å²) in [4.78, 5) is 45.3. The number of imidazole rings is 1. The Balaban J connectivity index is 1.60. The minimum Gasteiger partial charge on any atom is -0.464 e. The molecule has 2 aliphatic rings. The van der Waals surface area contributed by atoms with Crippen molar-refractivity contribution in [2.75, 3.05) is 11.5 Å². The predicted molar refractivity (Wildman–Crippen MR) is 123 cm³/mol. The minimum absolute atomic E-state index is 0.128. The maximum absolute atomic E-state index is 13.6. The Morgan fingerprint density at radius 3 is 2.44 bits per heavy atom. The number of amides is 2. The fourth-order valence-corrected chi connectivity index (χ4v) is 5.10. The Labute approximate surface area is 196 Å². The highest BCUT2D eigenvalue weighted by atomic mass is 16.5. The molecule has 4 atom stereocenters. The van der Waals surface area contributed by atoms with Crippen LogP contribution in [0.1, 0.15) is 42.1 Å². The Bertz CT molecular complexity index is 1220. The predicted octanol–water partition coefficient (Wildman–Crippen LogP) is 2.62. The molecule has 1 fully saturated rings. The Morgan fingerprint density at radius 2 is 1.76 bits per heavy atom. The number of hydrogen-bond acceptors (Lipinski definition) is 6. The van der Waals surface area contributed by atoms with E-state index in [-0.39, 0.29) is 24.8 Å². The number of hydrogen-bond donors (Lipinski definition) is 1. The maximum Gasteiger partial charge on any atom is 0.335 e. The van der Waals surface area contributed by atoms with E-state index in [1.807, 2.05) is 41.0 Å². The van der Waals surface area contributed by atoms with Gasteiger partial charge in [0.1, 0.15) is 0 Å². The number of carbonyl (C=O) groups is 3. The first-order chi connectivity index (χ1) is 16.5. The molecule has 0 saturated carbocycles. The lowest BCUT2D eigenvalue weighted by atomic mass is 9.73. The van der Waals surface area contributed by atoms with E-state index in [9.17, 15) is 19.5 Å². The summed E-state index contributed by atoms with van der Waals surface area (Å²) < 4.78 is 6.89. The van der Waals surface area contributed by atoms with Crippen molar-refractivity contribution in [3.05, 3.63) is 83.9 Å². The number of esters is 1. The maximum atomic E-state index is 13.6. The van der Waals surface area contributed by atoms with Crippen molar-refractivity contribution in [3.63, 3.8) is 0 Å². The van der Waals surface area contributed by atoms with E-state index in [1.165, 1.54) is 4.90 Å². The molecule has 1 saturated heterocycles. The molecular formula is C26H25N3O5. The highest BCUT2D eigenvalue weighted by Gasteiger charge is 2.56. The van der Waals surface area contributed by atoms with Crippen LogP contribution in [-0.4, -0.2) is 45.2 Å². The normalized spacial score (nSPS) is 22.3. The summed E-state index contributed by atoms with van der Waals surface area (Å²) in [5.41, 5.74) is 2.55. The smallest absolute Gasteiger partial charge is 0.335 e. The molecule has 2 aromatic carbocycles. The van der Waals surface area contributed by atoms with Crippen molar-refractivity contribution in [2.24, 2.45) is 5.92 Å².